The number of nitrogens with one attached hydrogen (secondary N) is 2. The van der Waals surface area contributed by atoms with Crippen molar-refractivity contribution in [2.75, 3.05) is 10.0 Å². The summed E-state index contributed by atoms with van der Waals surface area (Å²) in [5, 5.41) is 2.97. The summed E-state index contributed by atoms with van der Waals surface area (Å²) in [6.45, 7) is 1.88. The molecule has 1 atom stereocenters. The Labute approximate surface area is 168 Å². The molecule has 150 valence electrons. The standard InChI is InChI=1S/C21H20FN3O3S/c1-14-2-12-19(13-3-14)29(27,28)25-18-10-8-17(9-11-18)24-20(21(23)26)15-4-6-16(22)7-5-15/h2-13,20,24-25H,1H3,(H2,23,26). The summed E-state index contributed by atoms with van der Waals surface area (Å²) in [4.78, 5) is 12.0. The molecule has 3 aromatic rings. The number of halogens is 1. The Bertz CT molecular complexity index is 1100. The summed E-state index contributed by atoms with van der Waals surface area (Å²) in [6.07, 6.45) is 0. The van der Waals surface area contributed by atoms with Gasteiger partial charge in [0.05, 0.1) is 4.90 Å². The summed E-state index contributed by atoms with van der Waals surface area (Å²) >= 11 is 0. The molecule has 29 heavy (non-hydrogen) atoms. The van der Waals surface area contributed by atoms with Crippen molar-refractivity contribution in [3.63, 3.8) is 0 Å². The second kappa shape index (κ2) is 8.32. The van der Waals surface area contributed by atoms with Gasteiger partial charge in [0.2, 0.25) is 5.91 Å². The lowest BCUT2D eigenvalue weighted by Gasteiger charge is -2.17. The van der Waals surface area contributed by atoms with E-state index in [9.17, 15) is 17.6 Å². The van der Waals surface area contributed by atoms with Crippen molar-refractivity contribution >= 4 is 27.3 Å². The van der Waals surface area contributed by atoms with Crippen LogP contribution in [0.3, 0.4) is 0 Å². The van der Waals surface area contributed by atoms with E-state index in [0.717, 1.165) is 5.56 Å². The molecular weight excluding hydrogens is 393 g/mol. The first-order chi connectivity index (χ1) is 13.7. The molecule has 1 amide bonds. The Morgan fingerprint density at radius 1 is 0.897 bits per heavy atom. The van der Waals surface area contributed by atoms with Crippen LogP contribution in [0.15, 0.2) is 77.7 Å². The number of benzene rings is 3. The number of hydrogen-bond acceptors (Lipinski definition) is 4. The second-order valence-electron chi connectivity index (χ2n) is 6.53. The van der Waals surface area contributed by atoms with Gasteiger partial charge in [-0.3, -0.25) is 9.52 Å². The van der Waals surface area contributed by atoms with Crippen LogP contribution in [-0.4, -0.2) is 14.3 Å². The Morgan fingerprint density at radius 2 is 1.45 bits per heavy atom. The number of anilines is 2. The first-order valence-corrected chi connectivity index (χ1v) is 10.2. The van der Waals surface area contributed by atoms with Crippen LogP contribution >= 0.6 is 0 Å². The quantitative estimate of drug-likeness (QED) is 0.551. The number of nitrogens with two attached hydrogens (primary N) is 1. The lowest BCUT2D eigenvalue weighted by Crippen LogP contribution is -2.27. The van der Waals surface area contributed by atoms with Gasteiger partial charge in [-0.1, -0.05) is 29.8 Å². The Balaban J connectivity index is 1.74. The van der Waals surface area contributed by atoms with E-state index in [-0.39, 0.29) is 4.90 Å². The summed E-state index contributed by atoms with van der Waals surface area (Å²) in [7, 11) is -3.71. The van der Waals surface area contributed by atoms with Crippen LogP contribution in [0.4, 0.5) is 15.8 Å². The predicted molar refractivity (Wildman–Crippen MR) is 110 cm³/mol. The number of carbonyl (C=O) groups excluding carboxylic acids is 1. The van der Waals surface area contributed by atoms with Crippen LogP contribution in [0.1, 0.15) is 17.2 Å². The average molecular weight is 413 g/mol. The number of carbonyl (C=O) groups is 1. The Kier molecular flexibility index (Phi) is 5.84. The number of amides is 1. The molecular formula is C21H20FN3O3S. The Hall–Kier alpha value is -3.39. The number of rotatable bonds is 7. The number of aryl methyl sites for hydroxylation is 1. The average Bonchev–Trinajstić information content (AvgIpc) is 2.68. The van der Waals surface area contributed by atoms with Gasteiger partial charge in [-0.25, -0.2) is 12.8 Å². The Morgan fingerprint density at radius 3 is 2.00 bits per heavy atom. The smallest absolute Gasteiger partial charge is 0.261 e. The first-order valence-electron chi connectivity index (χ1n) is 8.75. The maximum atomic E-state index is 13.1. The molecule has 0 saturated carbocycles. The van der Waals surface area contributed by atoms with Crippen molar-refractivity contribution in [3.05, 3.63) is 89.7 Å². The van der Waals surface area contributed by atoms with Crippen LogP contribution in [0.2, 0.25) is 0 Å². The molecule has 0 heterocycles. The van der Waals surface area contributed by atoms with Crippen molar-refractivity contribution in [1.29, 1.82) is 0 Å². The zero-order valence-corrected chi connectivity index (χ0v) is 16.4. The molecule has 6 nitrogen and oxygen atoms in total. The normalized spacial score (nSPS) is 12.2. The van der Waals surface area contributed by atoms with E-state index in [1.165, 1.54) is 36.4 Å². The lowest BCUT2D eigenvalue weighted by molar-refractivity contribution is -0.118. The van der Waals surface area contributed by atoms with Crippen LogP contribution in [0, 0.1) is 12.7 Å². The highest BCUT2D eigenvalue weighted by molar-refractivity contribution is 7.92. The third kappa shape index (κ3) is 5.11. The molecule has 0 fully saturated rings. The zero-order valence-electron chi connectivity index (χ0n) is 15.6. The van der Waals surface area contributed by atoms with E-state index in [1.807, 2.05) is 6.92 Å². The van der Waals surface area contributed by atoms with Crippen LogP contribution in [0.5, 0.6) is 0 Å². The minimum absolute atomic E-state index is 0.162. The van der Waals surface area contributed by atoms with Crippen LogP contribution < -0.4 is 15.8 Å². The minimum atomic E-state index is -3.71. The molecule has 0 bridgehead atoms. The molecule has 0 aliphatic heterocycles. The molecule has 4 N–H and O–H groups in total. The van der Waals surface area contributed by atoms with Gasteiger partial charge in [0, 0.05) is 11.4 Å². The van der Waals surface area contributed by atoms with E-state index >= 15 is 0 Å². The second-order valence-corrected chi connectivity index (χ2v) is 8.21. The highest BCUT2D eigenvalue weighted by atomic mass is 32.2. The summed E-state index contributed by atoms with van der Waals surface area (Å²) in [6, 6.07) is 17.5. The van der Waals surface area contributed by atoms with Gasteiger partial charge in [-0.2, -0.15) is 0 Å². The topological polar surface area (TPSA) is 101 Å². The van der Waals surface area contributed by atoms with Crippen LogP contribution in [-0.2, 0) is 14.8 Å². The fraction of sp³-hybridized carbons (Fsp3) is 0.0952. The largest absolute Gasteiger partial charge is 0.370 e. The van der Waals surface area contributed by atoms with Gasteiger partial charge >= 0.3 is 0 Å². The van der Waals surface area contributed by atoms with Crippen molar-refractivity contribution in [1.82, 2.24) is 0 Å². The molecule has 3 aromatic carbocycles. The van der Waals surface area contributed by atoms with E-state index in [0.29, 0.717) is 16.9 Å². The van der Waals surface area contributed by atoms with Gasteiger partial charge in [0.15, 0.2) is 0 Å². The molecule has 0 aliphatic rings. The van der Waals surface area contributed by atoms with Gasteiger partial charge in [0.25, 0.3) is 10.0 Å². The van der Waals surface area contributed by atoms with Crippen molar-refractivity contribution in [3.8, 4) is 0 Å². The molecule has 0 saturated heterocycles. The third-order valence-corrected chi connectivity index (χ3v) is 5.66. The van der Waals surface area contributed by atoms with Crippen molar-refractivity contribution in [2.24, 2.45) is 5.73 Å². The minimum Gasteiger partial charge on any atom is -0.370 e. The molecule has 8 heteroatoms. The molecule has 1 unspecified atom stereocenters. The predicted octanol–water partition coefficient (Wildman–Crippen LogP) is 3.57. The molecule has 0 radical (unpaired) electrons. The van der Waals surface area contributed by atoms with Crippen molar-refractivity contribution in [2.45, 2.75) is 17.9 Å². The molecule has 0 spiro atoms. The van der Waals surface area contributed by atoms with E-state index < -0.39 is 27.8 Å². The van der Waals surface area contributed by atoms with Gasteiger partial charge in [-0.15, -0.1) is 0 Å². The fourth-order valence-corrected chi connectivity index (χ4v) is 3.77. The summed E-state index contributed by atoms with van der Waals surface area (Å²) in [5.41, 5.74) is 7.86. The number of hydrogen-bond donors (Lipinski definition) is 3. The molecule has 3 rings (SSSR count). The first kappa shape index (κ1) is 20.3. The highest BCUT2D eigenvalue weighted by Crippen LogP contribution is 2.23. The zero-order chi connectivity index (χ0) is 21.0. The van der Waals surface area contributed by atoms with Crippen molar-refractivity contribution < 1.29 is 17.6 Å². The maximum Gasteiger partial charge on any atom is 0.261 e. The third-order valence-electron chi connectivity index (χ3n) is 4.27. The van der Waals surface area contributed by atoms with Crippen LogP contribution in [0.25, 0.3) is 0 Å². The highest BCUT2D eigenvalue weighted by Gasteiger charge is 2.18. The molecule has 0 aliphatic carbocycles. The van der Waals surface area contributed by atoms with Gasteiger partial charge in [-0.05, 0) is 61.0 Å². The monoisotopic (exact) mass is 413 g/mol. The van der Waals surface area contributed by atoms with Gasteiger partial charge < -0.3 is 11.1 Å². The summed E-state index contributed by atoms with van der Waals surface area (Å²) < 4.78 is 40.5. The SMILES string of the molecule is Cc1ccc(S(=O)(=O)Nc2ccc(NC(C(N)=O)c3ccc(F)cc3)cc2)cc1. The molecule has 0 aromatic heterocycles. The number of primary amides is 1. The lowest BCUT2D eigenvalue weighted by atomic mass is 10.1. The van der Waals surface area contributed by atoms with E-state index in [1.54, 1.807) is 36.4 Å². The fourth-order valence-electron chi connectivity index (χ4n) is 2.71. The van der Waals surface area contributed by atoms with Gasteiger partial charge in [0.1, 0.15) is 11.9 Å². The van der Waals surface area contributed by atoms with E-state index in [4.69, 9.17) is 5.73 Å². The van der Waals surface area contributed by atoms with E-state index in [2.05, 4.69) is 10.0 Å². The summed E-state index contributed by atoms with van der Waals surface area (Å²) in [5.74, 6) is -1.04. The maximum absolute atomic E-state index is 13.1. The number of sulfonamides is 1.